The Labute approximate surface area is 129 Å². The number of hydrogen-bond acceptors (Lipinski definition) is 3. The van der Waals surface area contributed by atoms with Crippen LogP contribution in [0.1, 0.15) is 21.5 Å². The highest BCUT2D eigenvalue weighted by Crippen LogP contribution is 2.17. The average molecular weight is 298 g/mol. The minimum atomic E-state index is -0.991. The van der Waals surface area contributed by atoms with Crippen LogP contribution in [-0.4, -0.2) is 23.5 Å². The zero-order valence-electron chi connectivity index (χ0n) is 12.5. The Kier molecular flexibility index (Phi) is 4.78. The van der Waals surface area contributed by atoms with E-state index in [1.54, 1.807) is 12.1 Å². The largest absolute Gasteiger partial charge is 0.478 e. The second-order valence-electron chi connectivity index (χ2n) is 5.03. The molecule has 2 rings (SSSR count). The number of amides is 1. The lowest BCUT2D eigenvalue weighted by Crippen LogP contribution is -2.22. The molecule has 22 heavy (non-hydrogen) atoms. The molecule has 0 aromatic heterocycles. The molecule has 0 atom stereocenters. The fourth-order valence-corrected chi connectivity index (χ4v) is 2.02. The van der Waals surface area contributed by atoms with Crippen molar-refractivity contribution in [2.75, 3.05) is 17.2 Å². The molecule has 0 spiro atoms. The van der Waals surface area contributed by atoms with Crippen molar-refractivity contribution in [1.29, 1.82) is 0 Å². The van der Waals surface area contributed by atoms with Gasteiger partial charge in [0.25, 0.3) is 0 Å². The van der Waals surface area contributed by atoms with Crippen molar-refractivity contribution >= 4 is 23.3 Å². The number of aromatic carboxylic acids is 1. The van der Waals surface area contributed by atoms with Gasteiger partial charge in [-0.2, -0.15) is 0 Å². The van der Waals surface area contributed by atoms with E-state index < -0.39 is 5.97 Å². The average Bonchev–Trinajstić information content (AvgIpc) is 2.49. The Morgan fingerprint density at radius 2 is 1.73 bits per heavy atom. The van der Waals surface area contributed by atoms with Crippen LogP contribution in [0.5, 0.6) is 0 Å². The van der Waals surface area contributed by atoms with Crippen molar-refractivity contribution in [3.8, 4) is 0 Å². The molecule has 2 aromatic carbocycles. The SMILES string of the molecule is Cc1cccc(NCC(=O)Nc2ccc(C(=O)O)cc2)c1C. The smallest absolute Gasteiger partial charge is 0.335 e. The molecule has 5 nitrogen and oxygen atoms in total. The van der Waals surface area contributed by atoms with E-state index in [1.165, 1.54) is 12.1 Å². The normalized spacial score (nSPS) is 10.1. The zero-order chi connectivity index (χ0) is 16.1. The lowest BCUT2D eigenvalue weighted by Gasteiger charge is -2.11. The third-order valence-electron chi connectivity index (χ3n) is 3.46. The molecule has 1 amide bonds. The van der Waals surface area contributed by atoms with Crippen LogP contribution in [0, 0.1) is 13.8 Å². The van der Waals surface area contributed by atoms with Gasteiger partial charge >= 0.3 is 5.97 Å². The molecule has 0 fully saturated rings. The summed E-state index contributed by atoms with van der Waals surface area (Å²) in [5.41, 5.74) is 3.96. The number of anilines is 2. The van der Waals surface area contributed by atoms with Crippen LogP contribution in [0.15, 0.2) is 42.5 Å². The highest BCUT2D eigenvalue weighted by atomic mass is 16.4. The minimum Gasteiger partial charge on any atom is -0.478 e. The van der Waals surface area contributed by atoms with Gasteiger partial charge in [-0.1, -0.05) is 12.1 Å². The monoisotopic (exact) mass is 298 g/mol. The summed E-state index contributed by atoms with van der Waals surface area (Å²) in [5.74, 6) is -1.18. The van der Waals surface area contributed by atoms with Gasteiger partial charge in [-0.15, -0.1) is 0 Å². The van der Waals surface area contributed by atoms with Crippen LogP contribution in [-0.2, 0) is 4.79 Å². The van der Waals surface area contributed by atoms with E-state index in [1.807, 2.05) is 32.0 Å². The molecular formula is C17H18N2O3. The highest BCUT2D eigenvalue weighted by Gasteiger charge is 2.06. The zero-order valence-corrected chi connectivity index (χ0v) is 12.5. The van der Waals surface area contributed by atoms with Crippen LogP contribution in [0.4, 0.5) is 11.4 Å². The van der Waals surface area contributed by atoms with Gasteiger partial charge < -0.3 is 15.7 Å². The Morgan fingerprint density at radius 1 is 1.05 bits per heavy atom. The van der Waals surface area contributed by atoms with Crippen molar-refractivity contribution in [3.05, 3.63) is 59.2 Å². The van der Waals surface area contributed by atoms with E-state index in [4.69, 9.17) is 5.11 Å². The Morgan fingerprint density at radius 3 is 2.36 bits per heavy atom. The number of carboxylic acids is 1. The molecule has 0 unspecified atom stereocenters. The fourth-order valence-electron chi connectivity index (χ4n) is 2.02. The van der Waals surface area contributed by atoms with E-state index >= 15 is 0 Å². The predicted octanol–water partition coefficient (Wildman–Crippen LogP) is 3.05. The number of carbonyl (C=O) groups is 2. The molecule has 3 N–H and O–H groups in total. The fraction of sp³-hybridized carbons (Fsp3) is 0.176. The maximum Gasteiger partial charge on any atom is 0.335 e. The first-order chi connectivity index (χ1) is 10.5. The van der Waals surface area contributed by atoms with E-state index in [2.05, 4.69) is 10.6 Å². The lowest BCUT2D eigenvalue weighted by atomic mass is 10.1. The Hall–Kier alpha value is -2.82. The van der Waals surface area contributed by atoms with Crippen molar-refractivity contribution in [2.24, 2.45) is 0 Å². The van der Waals surface area contributed by atoms with Crippen molar-refractivity contribution in [2.45, 2.75) is 13.8 Å². The summed E-state index contributed by atoms with van der Waals surface area (Å²) in [6, 6.07) is 11.9. The first-order valence-corrected chi connectivity index (χ1v) is 6.90. The van der Waals surface area contributed by atoms with E-state index in [-0.39, 0.29) is 18.0 Å². The third-order valence-corrected chi connectivity index (χ3v) is 3.46. The molecule has 0 aliphatic heterocycles. The first kappa shape index (κ1) is 15.6. The van der Waals surface area contributed by atoms with E-state index in [0.717, 1.165) is 16.8 Å². The molecule has 0 radical (unpaired) electrons. The standard InChI is InChI=1S/C17H18N2O3/c1-11-4-3-5-15(12(11)2)18-10-16(20)19-14-8-6-13(7-9-14)17(21)22/h3-9,18H,10H2,1-2H3,(H,19,20)(H,21,22). The lowest BCUT2D eigenvalue weighted by molar-refractivity contribution is -0.114. The molecule has 0 aliphatic rings. The second kappa shape index (κ2) is 6.76. The van der Waals surface area contributed by atoms with Gasteiger partial charge in [0.1, 0.15) is 0 Å². The van der Waals surface area contributed by atoms with Gasteiger partial charge in [-0.25, -0.2) is 4.79 Å². The molecule has 0 bridgehead atoms. The summed E-state index contributed by atoms with van der Waals surface area (Å²) in [4.78, 5) is 22.7. The quantitative estimate of drug-likeness (QED) is 0.792. The van der Waals surface area contributed by atoms with Gasteiger partial charge in [-0.05, 0) is 55.3 Å². The van der Waals surface area contributed by atoms with Gasteiger partial charge in [0, 0.05) is 11.4 Å². The number of rotatable bonds is 5. The van der Waals surface area contributed by atoms with E-state index in [9.17, 15) is 9.59 Å². The number of carboxylic acid groups (broad SMARTS) is 1. The van der Waals surface area contributed by atoms with Crippen LogP contribution in [0.2, 0.25) is 0 Å². The maximum absolute atomic E-state index is 11.9. The minimum absolute atomic E-state index is 0.144. The molecule has 0 saturated heterocycles. The molecule has 5 heteroatoms. The van der Waals surface area contributed by atoms with Gasteiger partial charge in [-0.3, -0.25) is 4.79 Å². The summed E-state index contributed by atoms with van der Waals surface area (Å²) in [6.07, 6.45) is 0. The number of benzene rings is 2. The van der Waals surface area contributed by atoms with Gasteiger partial charge in [0.05, 0.1) is 12.1 Å². The van der Waals surface area contributed by atoms with Crippen LogP contribution >= 0.6 is 0 Å². The molecule has 0 aliphatic carbocycles. The third kappa shape index (κ3) is 3.85. The molecule has 0 heterocycles. The second-order valence-corrected chi connectivity index (χ2v) is 5.03. The van der Waals surface area contributed by atoms with Crippen LogP contribution in [0.3, 0.4) is 0 Å². The highest BCUT2D eigenvalue weighted by molar-refractivity contribution is 5.94. The maximum atomic E-state index is 11.9. The van der Waals surface area contributed by atoms with Crippen molar-refractivity contribution in [3.63, 3.8) is 0 Å². The summed E-state index contributed by atoms with van der Waals surface area (Å²) in [6.45, 7) is 4.16. The summed E-state index contributed by atoms with van der Waals surface area (Å²) in [5, 5.41) is 14.6. The van der Waals surface area contributed by atoms with Crippen molar-refractivity contribution in [1.82, 2.24) is 0 Å². The van der Waals surface area contributed by atoms with Gasteiger partial charge in [0.15, 0.2) is 0 Å². The number of aryl methyl sites for hydroxylation is 1. The Bertz CT molecular complexity index is 694. The summed E-state index contributed by atoms with van der Waals surface area (Å²) < 4.78 is 0. The van der Waals surface area contributed by atoms with Crippen molar-refractivity contribution < 1.29 is 14.7 Å². The molecule has 2 aromatic rings. The van der Waals surface area contributed by atoms with Crippen LogP contribution in [0.25, 0.3) is 0 Å². The van der Waals surface area contributed by atoms with Gasteiger partial charge in [0.2, 0.25) is 5.91 Å². The molecular weight excluding hydrogens is 280 g/mol. The summed E-state index contributed by atoms with van der Waals surface area (Å²) >= 11 is 0. The topological polar surface area (TPSA) is 78.4 Å². The van der Waals surface area contributed by atoms with E-state index in [0.29, 0.717) is 5.69 Å². The number of hydrogen-bond donors (Lipinski definition) is 3. The molecule has 0 saturated carbocycles. The van der Waals surface area contributed by atoms with Crippen LogP contribution < -0.4 is 10.6 Å². The Balaban J connectivity index is 1.93. The predicted molar refractivity (Wildman–Crippen MR) is 86.4 cm³/mol. The number of carbonyl (C=O) groups excluding carboxylic acids is 1. The summed E-state index contributed by atoms with van der Waals surface area (Å²) in [7, 11) is 0. The molecule has 114 valence electrons. The number of nitrogens with one attached hydrogen (secondary N) is 2. The first-order valence-electron chi connectivity index (χ1n) is 6.90.